The maximum atomic E-state index is 11.0. The molecule has 3 aromatic rings. The van der Waals surface area contributed by atoms with Gasteiger partial charge >= 0.3 is 0 Å². The van der Waals surface area contributed by atoms with Gasteiger partial charge in [0.1, 0.15) is 5.75 Å². The summed E-state index contributed by atoms with van der Waals surface area (Å²) in [5.74, 6) is 0.208. The van der Waals surface area contributed by atoms with Crippen LogP contribution < -0.4 is 10.5 Å². The van der Waals surface area contributed by atoms with Crippen LogP contribution in [0.1, 0.15) is 10.5 Å². The van der Waals surface area contributed by atoms with E-state index in [1.54, 1.807) is 24.3 Å². The van der Waals surface area contributed by atoms with E-state index < -0.39 is 5.91 Å². The maximum Gasteiger partial charge on any atom is 0.269 e. The zero-order valence-electron chi connectivity index (χ0n) is 11.5. The molecule has 7 nitrogen and oxygen atoms in total. The lowest BCUT2D eigenvalue weighted by molar-refractivity contribution is 0.0994. The lowest BCUT2D eigenvalue weighted by Crippen LogP contribution is -2.13. The van der Waals surface area contributed by atoms with Crippen molar-refractivity contribution < 1.29 is 9.53 Å². The van der Waals surface area contributed by atoms with Gasteiger partial charge in [-0.15, -0.1) is 0 Å². The van der Waals surface area contributed by atoms with E-state index in [0.29, 0.717) is 13.1 Å². The summed E-state index contributed by atoms with van der Waals surface area (Å²) >= 11 is 0. The second kappa shape index (κ2) is 5.28. The van der Waals surface area contributed by atoms with Crippen LogP contribution in [0.25, 0.3) is 11.0 Å². The Labute approximate surface area is 120 Å². The van der Waals surface area contributed by atoms with Crippen molar-refractivity contribution in [3.05, 3.63) is 42.5 Å². The highest BCUT2D eigenvalue weighted by atomic mass is 16.5. The Morgan fingerprint density at radius 2 is 2.29 bits per heavy atom. The number of nitrogens with two attached hydrogens (primary N) is 1. The number of hydrogen-bond acceptors (Lipinski definition) is 4. The van der Waals surface area contributed by atoms with Crippen LogP contribution in [0.15, 0.2) is 30.7 Å². The highest BCUT2D eigenvalue weighted by Gasteiger charge is 2.07. The van der Waals surface area contributed by atoms with Crippen molar-refractivity contribution in [2.24, 2.45) is 5.73 Å². The number of hydrogen-bond donors (Lipinski definition) is 1. The normalized spacial score (nSPS) is 10.9. The molecule has 7 heteroatoms. The molecule has 0 spiro atoms. The van der Waals surface area contributed by atoms with E-state index in [9.17, 15) is 4.79 Å². The summed E-state index contributed by atoms with van der Waals surface area (Å²) in [4.78, 5) is 15.3. The summed E-state index contributed by atoms with van der Waals surface area (Å²) in [6.45, 7) is 1.25. The van der Waals surface area contributed by atoms with Crippen LogP contribution in [0.3, 0.4) is 0 Å². The lowest BCUT2D eigenvalue weighted by Gasteiger charge is -2.06. The average molecular weight is 284 g/mol. The largest absolute Gasteiger partial charge is 0.497 e. The lowest BCUT2D eigenvalue weighted by atomic mass is 10.3. The maximum absolute atomic E-state index is 11.0. The van der Waals surface area contributed by atoms with Crippen molar-refractivity contribution in [3.63, 3.8) is 0 Å². The molecule has 21 heavy (non-hydrogen) atoms. The number of benzene rings is 1. The third kappa shape index (κ3) is 2.58. The van der Waals surface area contributed by atoms with E-state index in [0.717, 1.165) is 16.8 Å². The molecule has 1 amide bonds. The number of methoxy groups -OCH3 is 1. The fourth-order valence-electron chi connectivity index (χ4n) is 2.11. The molecule has 0 unspecified atom stereocenters. The van der Waals surface area contributed by atoms with Crippen LogP contribution >= 0.6 is 0 Å². The van der Waals surface area contributed by atoms with Crippen molar-refractivity contribution in [2.45, 2.75) is 13.1 Å². The number of ether oxygens (including phenoxy) is 1. The number of carbonyl (C=O) groups excluding carboxylic acids is 1. The molecule has 0 bridgehead atoms. The number of aryl methyl sites for hydroxylation is 2. The fraction of sp³-hybridized carbons (Fsp3) is 0.214. The van der Waals surface area contributed by atoms with E-state index in [4.69, 9.17) is 10.5 Å². The third-order valence-corrected chi connectivity index (χ3v) is 3.21. The predicted molar refractivity (Wildman–Crippen MR) is 75.9 cm³/mol. The highest BCUT2D eigenvalue weighted by molar-refractivity contribution is 5.90. The van der Waals surface area contributed by atoms with Gasteiger partial charge in [0.15, 0.2) is 5.69 Å². The molecule has 0 aliphatic rings. The van der Waals surface area contributed by atoms with Crippen molar-refractivity contribution in [1.82, 2.24) is 19.3 Å². The average Bonchev–Trinajstić information content (AvgIpc) is 3.11. The molecule has 1 radical (unpaired) electrons. The molecule has 0 aliphatic carbocycles. The number of imidazole rings is 1. The number of rotatable bonds is 5. The highest BCUT2D eigenvalue weighted by Crippen LogP contribution is 2.19. The molecule has 107 valence electrons. The van der Waals surface area contributed by atoms with Gasteiger partial charge in [-0.1, -0.05) is 0 Å². The van der Waals surface area contributed by atoms with Crippen LogP contribution in [0.5, 0.6) is 5.75 Å². The molecule has 2 heterocycles. The van der Waals surface area contributed by atoms with Crippen molar-refractivity contribution in [3.8, 4) is 5.75 Å². The molecular formula is C14H14N5O2. The molecule has 1 aromatic carbocycles. The minimum absolute atomic E-state index is 0.146. The molecule has 3 rings (SSSR count). The molecule has 0 saturated heterocycles. The third-order valence-electron chi connectivity index (χ3n) is 3.21. The Morgan fingerprint density at radius 3 is 3.00 bits per heavy atom. The summed E-state index contributed by atoms with van der Waals surface area (Å²) in [5.41, 5.74) is 7.18. The first-order chi connectivity index (χ1) is 10.2. The molecule has 0 aliphatic heterocycles. The Bertz CT molecular complexity index is 790. The number of fused-ring (bicyclic) bond motifs is 1. The Balaban J connectivity index is 1.79. The van der Waals surface area contributed by atoms with Gasteiger partial charge in [-0.2, -0.15) is 5.10 Å². The standard InChI is InChI=1S/C14H14N5O2/c1-21-10-2-3-11-13(8-10)18(9-16-11)6-7-19-5-4-12(17-19)14(15)20/h2-3,5,8-9H,6-7H2,1H3,(H2,15,20). The fourth-order valence-corrected chi connectivity index (χ4v) is 2.11. The monoisotopic (exact) mass is 284 g/mol. The van der Waals surface area contributed by atoms with Gasteiger partial charge in [-0.25, -0.2) is 4.98 Å². The SMILES string of the molecule is COc1ccc2ncn(CCn3c[c]c(C(N)=O)n3)c2c1. The Hall–Kier alpha value is -2.83. The van der Waals surface area contributed by atoms with Gasteiger partial charge < -0.3 is 15.0 Å². The van der Waals surface area contributed by atoms with Gasteiger partial charge in [0.25, 0.3) is 5.91 Å². The molecule has 0 saturated carbocycles. The number of primary amides is 1. The van der Waals surface area contributed by atoms with Crippen molar-refractivity contribution in [2.75, 3.05) is 7.11 Å². The second-order valence-corrected chi connectivity index (χ2v) is 4.54. The van der Waals surface area contributed by atoms with Crippen LogP contribution in [-0.4, -0.2) is 32.3 Å². The number of aromatic nitrogens is 4. The molecule has 0 fully saturated rings. The van der Waals surface area contributed by atoms with Gasteiger partial charge in [0, 0.05) is 24.9 Å². The summed E-state index contributed by atoms with van der Waals surface area (Å²) in [5, 5.41) is 4.05. The van der Waals surface area contributed by atoms with Crippen LogP contribution in [0.4, 0.5) is 0 Å². The van der Waals surface area contributed by atoms with Gasteiger partial charge in [-0.05, 0) is 12.1 Å². The zero-order chi connectivity index (χ0) is 14.8. The summed E-state index contributed by atoms with van der Waals surface area (Å²) in [7, 11) is 1.63. The van der Waals surface area contributed by atoms with E-state index in [1.807, 2.05) is 22.8 Å². The second-order valence-electron chi connectivity index (χ2n) is 4.54. The zero-order valence-corrected chi connectivity index (χ0v) is 11.5. The Kier molecular flexibility index (Phi) is 3.31. The van der Waals surface area contributed by atoms with Gasteiger partial charge in [-0.3, -0.25) is 9.48 Å². The topological polar surface area (TPSA) is 88.0 Å². The van der Waals surface area contributed by atoms with E-state index in [-0.39, 0.29) is 5.69 Å². The summed E-state index contributed by atoms with van der Waals surface area (Å²) < 4.78 is 8.86. The number of carbonyl (C=O) groups is 1. The molecule has 0 atom stereocenters. The van der Waals surface area contributed by atoms with Crippen molar-refractivity contribution in [1.29, 1.82) is 0 Å². The van der Waals surface area contributed by atoms with Crippen LogP contribution in [0.2, 0.25) is 0 Å². The first kappa shape index (κ1) is 13.2. The first-order valence-electron chi connectivity index (χ1n) is 6.41. The van der Waals surface area contributed by atoms with Gasteiger partial charge in [0.05, 0.1) is 31.0 Å². The van der Waals surface area contributed by atoms with Crippen molar-refractivity contribution >= 4 is 16.9 Å². The van der Waals surface area contributed by atoms with E-state index in [2.05, 4.69) is 16.1 Å². The molecule has 2 N–H and O–H groups in total. The number of nitrogens with zero attached hydrogens (tertiary/aromatic N) is 4. The summed E-state index contributed by atoms with van der Waals surface area (Å²) in [6, 6.07) is 8.45. The van der Waals surface area contributed by atoms with Crippen LogP contribution in [-0.2, 0) is 13.1 Å². The quantitative estimate of drug-likeness (QED) is 0.752. The van der Waals surface area contributed by atoms with Crippen LogP contribution in [0, 0.1) is 6.07 Å². The first-order valence-corrected chi connectivity index (χ1v) is 6.41. The minimum atomic E-state index is -0.577. The smallest absolute Gasteiger partial charge is 0.269 e. The molecule has 2 aromatic heterocycles. The minimum Gasteiger partial charge on any atom is -0.497 e. The van der Waals surface area contributed by atoms with Gasteiger partial charge in [0.2, 0.25) is 0 Å². The van der Waals surface area contributed by atoms with E-state index >= 15 is 0 Å². The predicted octanol–water partition coefficient (Wildman–Crippen LogP) is 0.841. The molecular weight excluding hydrogens is 270 g/mol. The Morgan fingerprint density at radius 1 is 1.43 bits per heavy atom. The number of amides is 1. The summed E-state index contributed by atoms with van der Waals surface area (Å²) in [6.07, 6.45) is 3.38. The van der Waals surface area contributed by atoms with E-state index in [1.165, 1.54) is 0 Å².